The molecule has 0 amide bonds. The second-order valence-electron chi connectivity index (χ2n) is 11.4. The second-order valence-corrected chi connectivity index (χ2v) is 15.9. The summed E-state index contributed by atoms with van der Waals surface area (Å²) in [5.74, 6) is -0.756. The number of aromatic nitrogens is 1. The molecule has 1 N–H and O–H groups in total. The second kappa shape index (κ2) is 13.3. The highest BCUT2D eigenvalue weighted by atomic mass is 32.2. The van der Waals surface area contributed by atoms with Crippen molar-refractivity contribution in [2.45, 2.75) is 78.0 Å². The van der Waals surface area contributed by atoms with Crippen LogP contribution in [0.15, 0.2) is 82.8 Å². The highest BCUT2D eigenvalue weighted by Gasteiger charge is 2.59. The van der Waals surface area contributed by atoms with Crippen molar-refractivity contribution in [2.75, 3.05) is 13.1 Å². The van der Waals surface area contributed by atoms with Crippen LogP contribution in [-0.2, 0) is 24.4 Å². The lowest BCUT2D eigenvalue weighted by molar-refractivity contribution is -0.275. The molecule has 0 unspecified atom stereocenters. The van der Waals surface area contributed by atoms with Gasteiger partial charge in [-0.3, -0.25) is 4.98 Å². The average Bonchev–Trinajstić information content (AvgIpc) is 3.92. The fraction of sp³-hybridized carbons (Fsp3) is 0.452. The van der Waals surface area contributed by atoms with Gasteiger partial charge < -0.3 is 14.8 Å². The Labute approximate surface area is 269 Å². The number of halogens is 6. The van der Waals surface area contributed by atoms with Crippen molar-refractivity contribution in [3.8, 4) is 11.5 Å². The topological polar surface area (TPSA) is 112 Å². The van der Waals surface area contributed by atoms with Crippen LogP contribution in [0.5, 0.6) is 11.5 Å². The van der Waals surface area contributed by atoms with Gasteiger partial charge in [-0.05, 0) is 124 Å². The van der Waals surface area contributed by atoms with Crippen LogP contribution in [0.1, 0.15) is 51.5 Å². The smallest absolute Gasteiger partial charge is 0.406 e. The fourth-order valence-electron chi connectivity index (χ4n) is 5.95. The van der Waals surface area contributed by atoms with Crippen LogP contribution < -0.4 is 14.8 Å². The maximum Gasteiger partial charge on any atom is 0.573 e. The van der Waals surface area contributed by atoms with E-state index in [1.54, 1.807) is 12.1 Å². The molecule has 1 aromatic heterocycles. The zero-order valence-corrected chi connectivity index (χ0v) is 25.8. The number of alkyl halides is 6. The molecule has 16 heteroatoms. The number of benzene rings is 2. The summed E-state index contributed by atoms with van der Waals surface area (Å²) in [5, 5.41) is 3.22. The van der Waals surface area contributed by atoms with Gasteiger partial charge in [0.25, 0.3) is 0 Å². The van der Waals surface area contributed by atoms with E-state index in [0.29, 0.717) is 31.2 Å². The molecular weight excluding hydrogens is 674 g/mol. The molecule has 0 radical (unpaired) electrons. The minimum absolute atomic E-state index is 0. The van der Waals surface area contributed by atoms with Crippen molar-refractivity contribution in [1.29, 1.82) is 0 Å². The molecule has 0 bridgehead atoms. The third-order valence-corrected chi connectivity index (χ3v) is 13.8. The van der Waals surface area contributed by atoms with Gasteiger partial charge in [0, 0.05) is 12.4 Å². The van der Waals surface area contributed by atoms with E-state index in [1.165, 1.54) is 24.5 Å². The molecule has 2 aromatic carbocycles. The van der Waals surface area contributed by atoms with E-state index in [0.717, 1.165) is 62.3 Å². The van der Waals surface area contributed by atoms with Crippen molar-refractivity contribution in [1.82, 2.24) is 10.3 Å². The lowest BCUT2D eigenvalue weighted by Gasteiger charge is -2.30. The fourth-order valence-corrected chi connectivity index (χ4v) is 10.3. The quantitative estimate of drug-likeness (QED) is 0.250. The van der Waals surface area contributed by atoms with Crippen LogP contribution in [0.3, 0.4) is 0 Å². The van der Waals surface area contributed by atoms with Gasteiger partial charge in [0.15, 0.2) is 19.7 Å². The minimum atomic E-state index is -4.81. The predicted octanol–water partition coefficient (Wildman–Crippen LogP) is 6.97. The van der Waals surface area contributed by atoms with Crippen LogP contribution in [0.2, 0.25) is 0 Å². The van der Waals surface area contributed by atoms with Crippen LogP contribution in [-0.4, -0.2) is 52.4 Å². The number of ether oxygens (including phenoxy) is 2. The summed E-state index contributed by atoms with van der Waals surface area (Å²) >= 11 is 0. The highest BCUT2D eigenvalue weighted by molar-refractivity contribution is 7.93. The number of sulfone groups is 2. The maximum absolute atomic E-state index is 12.9. The summed E-state index contributed by atoms with van der Waals surface area (Å²) in [4.78, 5) is 3.91. The lowest BCUT2D eigenvalue weighted by Crippen LogP contribution is -2.39. The number of piperidine rings is 1. The normalized spacial score (nSPS) is 18.9. The summed E-state index contributed by atoms with van der Waals surface area (Å²) in [7, 11) is -7.26. The third-order valence-electron chi connectivity index (χ3n) is 8.52. The zero-order chi connectivity index (χ0) is 33.4. The standard InChI is InChI=1S/C15H18F3NO3S.C15H12F3NO3S.CH4/c2*16-15(17,18)22-12-1-3-13(4-2-12)23(20,21)14(7-8-14)11-5-9-19-10-6-11;/h1-4,11,19H,5-10H2;1-6,9-10H,7-8H2;1H4. The molecule has 2 aliphatic carbocycles. The number of nitrogens with one attached hydrogen (secondary N) is 1. The Morgan fingerprint density at radius 2 is 1.09 bits per heavy atom. The molecule has 2 heterocycles. The monoisotopic (exact) mass is 708 g/mol. The van der Waals surface area contributed by atoms with E-state index in [-0.39, 0.29) is 23.1 Å². The van der Waals surface area contributed by atoms with Crippen LogP contribution in [0, 0.1) is 5.92 Å². The lowest BCUT2D eigenvalue weighted by atomic mass is 9.92. The molecular formula is C31H34F6N2O6S2. The summed E-state index contributed by atoms with van der Waals surface area (Å²) in [6.07, 6.45) is -2.73. The van der Waals surface area contributed by atoms with Gasteiger partial charge in [-0.1, -0.05) is 7.43 Å². The minimum Gasteiger partial charge on any atom is -0.406 e. The Balaban J connectivity index is 0.000000208. The summed E-state index contributed by atoms with van der Waals surface area (Å²) in [6, 6.07) is 12.1. The molecule has 3 aliphatic rings. The first kappa shape index (κ1) is 36.5. The Morgan fingerprint density at radius 1 is 0.660 bits per heavy atom. The van der Waals surface area contributed by atoms with E-state index < -0.39 is 53.4 Å². The molecule has 0 spiro atoms. The first-order valence-corrected chi connectivity index (χ1v) is 17.3. The first-order chi connectivity index (χ1) is 21.5. The molecule has 6 rings (SSSR count). The van der Waals surface area contributed by atoms with Crippen molar-refractivity contribution in [3.05, 3.63) is 78.6 Å². The van der Waals surface area contributed by atoms with Crippen LogP contribution in [0.4, 0.5) is 26.3 Å². The van der Waals surface area contributed by atoms with E-state index in [2.05, 4.69) is 19.8 Å². The van der Waals surface area contributed by atoms with Crippen LogP contribution in [0.25, 0.3) is 0 Å². The van der Waals surface area contributed by atoms with E-state index in [1.807, 2.05) is 0 Å². The Kier molecular flexibility index (Phi) is 10.3. The molecule has 2 saturated carbocycles. The summed E-state index contributed by atoms with van der Waals surface area (Å²) in [6.45, 7) is 1.61. The van der Waals surface area contributed by atoms with Gasteiger partial charge in [0.05, 0.1) is 14.5 Å². The zero-order valence-electron chi connectivity index (χ0n) is 24.1. The van der Waals surface area contributed by atoms with E-state index in [4.69, 9.17) is 0 Å². The SMILES string of the molecule is C.O=S(=O)(c1ccc(OC(F)(F)F)cc1)C1(C2CCNCC2)CC1.O=S(=O)(c1ccc(OC(F)(F)F)cc1)C1(c2ccncc2)CC1. The van der Waals surface area contributed by atoms with Gasteiger partial charge in [-0.2, -0.15) is 0 Å². The van der Waals surface area contributed by atoms with E-state index >= 15 is 0 Å². The Hall–Kier alpha value is -3.37. The Bertz CT molecular complexity index is 1720. The molecule has 47 heavy (non-hydrogen) atoms. The van der Waals surface area contributed by atoms with Crippen molar-refractivity contribution < 1.29 is 52.7 Å². The molecule has 258 valence electrons. The largest absolute Gasteiger partial charge is 0.573 e. The molecule has 8 nitrogen and oxygen atoms in total. The maximum atomic E-state index is 12.9. The molecule has 1 saturated heterocycles. The number of hydrogen-bond donors (Lipinski definition) is 1. The molecule has 0 atom stereocenters. The number of rotatable bonds is 8. The summed E-state index contributed by atoms with van der Waals surface area (Å²) < 4.78 is 130. The van der Waals surface area contributed by atoms with Gasteiger partial charge in [-0.25, -0.2) is 16.8 Å². The summed E-state index contributed by atoms with van der Waals surface area (Å²) in [5.41, 5.74) is 0.642. The van der Waals surface area contributed by atoms with Gasteiger partial charge in [-0.15, -0.1) is 26.3 Å². The van der Waals surface area contributed by atoms with Gasteiger partial charge in [0.1, 0.15) is 16.2 Å². The van der Waals surface area contributed by atoms with E-state index in [9.17, 15) is 43.2 Å². The van der Waals surface area contributed by atoms with Crippen molar-refractivity contribution in [3.63, 3.8) is 0 Å². The molecule has 3 fully saturated rings. The highest BCUT2D eigenvalue weighted by Crippen LogP contribution is 2.56. The molecule has 3 aromatic rings. The number of pyridine rings is 1. The Morgan fingerprint density at radius 3 is 1.47 bits per heavy atom. The average molecular weight is 709 g/mol. The van der Waals surface area contributed by atoms with Gasteiger partial charge >= 0.3 is 12.7 Å². The van der Waals surface area contributed by atoms with Gasteiger partial charge in [0.2, 0.25) is 0 Å². The number of nitrogens with zero attached hydrogens (tertiary/aromatic N) is 1. The van der Waals surface area contributed by atoms with Crippen molar-refractivity contribution >= 4 is 19.7 Å². The first-order valence-electron chi connectivity index (χ1n) is 14.3. The van der Waals surface area contributed by atoms with Crippen LogP contribution >= 0.6 is 0 Å². The third kappa shape index (κ3) is 7.86. The van der Waals surface area contributed by atoms with Crippen molar-refractivity contribution in [2.24, 2.45) is 5.92 Å². The number of hydrogen-bond acceptors (Lipinski definition) is 8. The molecule has 1 aliphatic heterocycles. The predicted molar refractivity (Wildman–Crippen MR) is 160 cm³/mol.